The van der Waals surface area contributed by atoms with E-state index in [4.69, 9.17) is 16.7 Å². The Balaban J connectivity index is 2.66. The highest BCUT2D eigenvalue weighted by Crippen LogP contribution is 2.22. The van der Waals surface area contributed by atoms with Crippen LogP contribution in [0.1, 0.15) is 6.92 Å². The normalized spacial score (nSPS) is 12.6. The standard InChI is InChI=1S/C9H11BrClNO/c1-6(13)5-12-9-3-7(10)2-8(11)4-9/h2-4,6,12-13H,5H2,1H3/t6-/m0/s1. The molecule has 0 aromatic heterocycles. The molecule has 0 amide bonds. The minimum absolute atomic E-state index is 0.363. The molecule has 72 valence electrons. The number of hydrogen-bond acceptors (Lipinski definition) is 2. The Bertz CT molecular complexity index is 271. The van der Waals surface area contributed by atoms with Crippen LogP contribution in [-0.4, -0.2) is 17.8 Å². The van der Waals surface area contributed by atoms with Crippen LogP contribution in [0.25, 0.3) is 0 Å². The lowest BCUT2D eigenvalue weighted by Gasteiger charge is -2.08. The topological polar surface area (TPSA) is 32.3 Å². The summed E-state index contributed by atoms with van der Waals surface area (Å²) in [5.74, 6) is 0. The van der Waals surface area contributed by atoms with Crippen LogP contribution < -0.4 is 5.32 Å². The van der Waals surface area contributed by atoms with Gasteiger partial charge in [0.25, 0.3) is 0 Å². The van der Waals surface area contributed by atoms with Gasteiger partial charge in [-0.2, -0.15) is 0 Å². The van der Waals surface area contributed by atoms with E-state index in [0.717, 1.165) is 10.2 Å². The molecular formula is C9H11BrClNO. The Morgan fingerprint density at radius 3 is 2.77 bits per heavy atom. The molecule has 1 atom stereocenters. The lowest BCUT2D eigenvalue weighted by atomic mass is 10.3. The van der Waals surface area contributed by atoms with Crippen LogP contribution in [0.3, 0.4) is 0 Å². The molecule has 0 fully saturated rings. The van der Waals surface area contributed by atoms with Crippen molar-refractivity contribution in [2.24, 2.45) is 0 Å². The average molecular weight is 265 g/mol. The van der Waals surface area contributed by atoms with Crippen LogP contribution in [0.5, 0.6) is 0 Å². The number of hydrogen-bond donors (Lipinski definition) is 2. The summed E-state index contributed by atoms with van der Waals surface area (Å²) in [7, 11) is 0. The number of rotatable bonds is 3. The van der Waals surface area contributed by atoms with Crippen LogP contribution in [0.15, 0.2) is 22.7 Å². The highest BCUT2D eigenvalue weighted by Gasteiger charge is 1.98. The molecule has 0 radical (unpaired) electrons. The molecule has 0 bridgehead atoms. The van der Waals surface area contributed by atoms with Crippen molar-refractivity contribution in [3.8, 4) is 0 Å². The number of nitrogens with one attached hydrogen (secondary N) is 1. The highest BCUT2D eigenvalue weighted by atomic mass is 79.9. The van der Waals surface area contributed by atoms with Crippen LogP contribution in [0.2, 0.25) is 5.02 Å². The van der Waals surface area contributed by atoms with Gasteiger partial charge < -0.3 is 10.4 Å². The third kappa shape index (κ3) is 3.98. The average Bonchev–Trinajstić information content (AvgIpc) is 1.99. The molecule has 13 heavy (non-hydrogen) atoms. The predicted octanol–water partition coefficient (Wildman–Crippen LogP) is 2.90. The lowest BCUT2D eigenvalue weighted by molar-refractivity contribution is 0.208. The molecule has 4 heteroatoms. The van der Waals surface area contributed by atoms with Gasteiger partial charge in [0.2, 0.25) is 0 Å². The van der Waals surface area contributed by atoms with Gasteiger partial charge in [-0.1, -0.05) is 27.5 Å². The fraction of sp³-hybridized carbons (Fsp3) is 0.333. The second kappa shape index (κ2) is 4.84. The van der Waals surface area contributed by atoms with Crippen molar-refractivity contribution in [3.63, 3.8) is 0 Å². The summed E-state index contributed by atoms with van der Waals surface area (Å²) in [6.45, 7) is 2.25. The van der Waals surface area contributed by atoms with Gasteiger partial charge in [-0.25, -0.2) is 0 Å². The van der Waals surface area contributed by atoms with E-state index >= 15 is 0 Å². The lowest BCUT2D eigenvalue weighted by Crippen LogP contribution is -2.15. The smallest absolute Gasteiger partial charge is 0.0684 e. The van der Waals surface area contributed by atoms with E-state index in [9.17, 15) is 0 Å². The Morgan fingerprint density at radius 1 is 1.54 bits per heavy atom. The number of aliphatic hydroxyl groups is 1. The predicted molar refractivity (Wildman–Crippen MR) is 59.3 cm³/mol. The Morgan fingerprint density at radius 2 is 2.23 bits per heavy atom. The molecule has 0 saturated heterocycles. The first-order chi connectivity index (χ1) is 6.08. The van der Waals surface area contributed by atoms with Crippen molar-refractivity contribution in [2.45, 2.75) is 13.0 Å². The van der Waals surface area contributed by atoms with Crippen LogP contribution in [0, 0.1) is 0 Å². The molecule has 0 spiro atoms. The zero-order chi connectivity index (χ0) is 9.84. The van der Waals surface area contributed by atoms with Gasteiger partial charge >= 0.3 is 0 Å². The quantitative estimate of drug-likeness (QED) is 0.880. The zero-order valence-corrected chi connectivity index (χ0v) is 9.56. The molecule has 0 aliphatic rings. The Kier molecular flexibility index (Phi) is 4.03. The second-order valence-corrected chi connectivity index (χ2v) is 4.24. The van der Waals surface area contributed by atoms with Gasteiger partial charge in [-0.3, -0.25) is 0 Å². The van der Waals surface area contributed by atoms with Crippen LogP contribution in [0.4, 0.5) is 5.69 Å². The molecule has 1 aromatic carbocycles. The van der Waals surface area contributed by atoms with E-state index < -0.39 is 0 Å². The van der Waals surface area contributed by atoms with E-state index in [2.05, 4.69) is 21.2 Å². The molecule has 1 rings (SSSR count). The van der Waals surface area contributed by atoms with Crippen molar-refractivity contribution >= 4 is 33.2 Å². The van der Waals surface area contributed by atoms with Gasteiger partial charge in [-0.15, -0.1) is 0 Å². The van der Waals surface area contributed by atoms with Gasteiger partial charge in [0.15, 0.2) is 0 Å². The maximum absolute atomic E-state index is 9.05. The summed E-state index contributed by atoms with van der Waals surface area (Å²) in [5.41, 5.74) is 0.903. The van der Waals surface area contributed by atoms with Crippen LogP contribution in [-0.2, 0) is 0 Å². The summed E-state index contributed by atoms with van der Waals surface area (Å²) < 4.78 is 0.924. The third-order valence-electron chi connectivity index (χ3n) is 1.46. The Hall–Kier alpha value is -0.250. The second-order valence-electron chi connectivity index (χ2n) is 2.89. The van der Waals surface area contributed by atoms with E-state index in [1.54, 1.807) is 6.92 Å². The molecule has 0 aliphatic carbocycles. The Labute approximate surface area is 91.0 Å². The monoisotopic (exact) mass is 263 g/mol. The molecular weight excluding hydrogens is 253 g/mol. The number of halogens is 2. The first-order valence-corrected chi connectivity index (χ1v) is 5.13. The van der Waals surface area contributed by atoms with Crippen molar-refractivity contribution in [1.29, 1.82) is 0 Å². The third-order valence-corrected chi connectivity index (χ3v) is 2.14. The fourth-order valence-corrected chi connectivity index (χ4v) is 1.78. The first kappa shape index (κ1) is 10.8. The van der Waals surface area contributed by atoms with Gasteiger partial charge in [0.1, 0.15) is 0 Å². The van der Waals surface area contributed by atoms with E-state index in [1.807, 2.05) is 18.2 Å². The van der Waals surface area contributed by atoms with Crippen molar-refractivity contribution in [2.75, 3.05) is 11.9 Å². The highest BCUT2D eigenvalue weighted by molar-refractivity contribution is 9.10. The molecule has 1 aromatic rings. The largest absolute Gasteiger partial charge is 0.392 e. The zero-order valence-electron chi connectivity index (χ0n) is 7.22. The molecule has 2 N–H and O–H groups in total. The fourth-order valence-electron chi connectivity index (χ4n) is 0.921. The number of anilines is 1. The van der Waals surface area contributed by atoms with Crippen LogP contribution >= 0.6 is 27.5 Å². The molecule has 0 unspecified atom stereocenters. The van der Waals surface area contributed by atoms with Gasteiger partial charge in [0.05, 0.1) is 6.10 Å². The van der Waals surface area contributed by atoms with Crippen molar-refractivity contribution < 1.29 is 5.11 Å². The van der Waals surface area contributed by atoms with Crippen molar-refractivity contribution in [3.05, 3.63) is 27.7 Å². The number of benzene rings is 1. The summed E-state index contributed by atoms with van der Waals surface area (Å²) in [5, 5.41) is 12.8. The maximum atomic E-state index is 9.05. The molecule has 2 nitrogen and oxygen atoms in total. The maximum Gasteiger partial charge on any atom is 0.0684 e. The summed E-state index contributed by atoms with van der Waals surface area (Å²) >= 11 is 9.17. The SMILES string of the molecule is C[C@H](O)CNc1cc(Cl)cc(Br)c1. The van der Waals surface area contributed by atoms with E-state index in [1.165, 1.54) is 0 Å². The van der Waals surface area contributed by atoms with Crippen molar-refractivity contribution in [1.82, 2.24) is 0 Å². The van der Waals surface area contributed by atoms with E-state index in [-0.39, 0.29) is 6.10 Å². The van der Waals surface area contributed by atoms with Gasteiger partial charge in [-0.05, 0) is 25.1 Å². The minimum Gasteiger partial charge on any atom is -0.392 e. The molecule has 0 heterocycles. The summed E-state index contributed by atoms with van der Waals surface area (Å²) in [4.78, 5) is 0. The summed E-state index contributed by atoms with van der Waals surface area (Å²) in [6.07, 6.45) is -0.363. The van der Waals surface area contributed by atoms with E-state index in [0.29, 0.717) is 11.6 Å². The number of aliphatic hydroxyl groups excluding tert-OH is 1. The molecule has 0 aliphatic heterocycles. The first-order valence-electron chi connectivity index (χ1n) is 3.96. The summed E-state index contributed by atoms with van der Waals surface area (Å²) in [6, 6.07) is 5.54. The van der Waals surface area contributed by atoms with Gasteiger partial charge in [0, 0.05) is 21.7 Å². The molecule has 0 saturated carbocycles. The minimum atomic E-state index is -0.363.